The van der Waals surface area contributed by atoms with Gasteiger partial charge in [-0.15, -0.1) is 10.2 Å². The number of hydrogen-bond donors (Lipinski definition) is 1. The number of aryl methyl sites for hydroxylation is 1. The second-order valence-electron chi connectivity index (χ2n) is 9.86. The van der Waals surface area contributed by atoms with Crippen molar-refractivity contribution in [1.29, 1.82) is 0 Å². The molecule has 2 saturated carbocycles. The molecule has 3 heterocycles. The molecule has 2 aromatic rings. The fraction of sp³-hybridized carbons (Fsp3) is 0.625. The third kappa shape index (κ3) is 4.53. The lowest BCUT2D eigenvalue weighted by atomic mass is 10.0. The van der Waals surface area contributed by atoms with E-state index in [0.29, 0.717) is 23.7 Å². The molecule has 32 heavy (non-hydrogen) atoms. The molecule has 0 amide bonds. The minimum absolute atomic E-state index is 0.124. The predicted octanol–water partition coefficient (Wildman–Crippen LogP) is 3.61. The summed E-state index contributed by atoms with van der Waals surface area (Å²) < 4.78 is 25.7. The number of anilines is 1. The number of fused-ring (bicyclic) bond motifs is 1. The van der Waals surface area contributed by atoms with Crippen LogP contribution in [-0.2, 0) is 16.4 Å². The number of likely N-dealkylation sites (tertiary alicyclic amines) is 1. The van der Waals surface area contributed by atoms with Crippen molar-refractivity contribution in [2.75, 3.05) is 18.4 Å². The Balaban J connectivity index is 1.15. The maximum absolute atomic E-state index is 12.8. The Morgan fingerprint density at radius 1 is 1.03 bits per heavy atom. The van der Waals surface area contributed by atoms with Gasteiger partial charge in [0.1, 0.15) is 5.82 Å². The first kappa shape index (κ1) is 21.8. The summed E-state index contributed by atoms with van der Waals surface area (Å²) in [6.45, 7) is 5.29. The highest BCUT2D eigenvalue weighted by Gasteiger charge is 2.41. The van der Waals surface area contributed by atoms with Crippen LogP contribution < -0.4 is 5.32 Å². The zero-order chi connectivity index (χ0) is 22.1. The highest BCUT2D eigenvalue weighted by atomic mass is 32.2. The Labute approximate surface area is 191 Å². The van der Waals surface area contributed by atoms with Crippen LogP contribution in [0.3, 0.4) is 0 Å². The number of rotatable bonds is 6. The monoisotopic (exact) mass is 455 g/mol. The van der Waals surface area contributed by atoms with Crippen molar-refractivity contribution < 1.29 is 8.42 Å². The lowest BCUT2D eigenvalue weighted by Crippen LogP contribution is -2.26. The van der Waals surface area contributed by atoms with Crippen LogP contribution >= 0.6 is 0 Å². The van der Waals surface area contributed by atoms with Gasteiger partial charge in [-0.1, -0.05) is 25.3 Å². The molecule has 0 spiro atoms. The number of hydrogen-bond acceptors (Lipinski definition) is 7. The van der Waals surface area contributed by atoms with Crippen molar-refractivity contribution in [3.63, 3.8) is 0 Å². The Morgan fingerprint density at radius 2 is 1.78 bits per heavy atom. The van der Waals surface area contributed by atoms with Gasteiger partial charge in [0.25, 0.3) is 0 Å². The molecule has 2 unspecified atom stereocenters. The van der Waals surface area contributed by atoms with E-state index < -0.39 is 9.84 Å². The molecule has 1 saturated heterocycles. The summed E-state index contributed by atoms with van der Waals surface area (Å²) >= 11 is 0. The van der Waals surface area contributed by atoms with E-state index in [1.807, 2.05) is 12.3 Å². The van der Waals surface area contributed by atoms with Crippen molar-refractivity contribution >= 4 is 15.7 Å². The van der Waals surface area contributed by atoms with Crippen LogP contribution in [0.2, 0.25) is 0 Å². The minimum atomic E-state index is -3.37. The summed E-state index contributed by atoms with van der Waals surface area (Å²) in [5, 5.41) is 11.6. The SMILES string of the molecule is Cc1cccnc1CN1CC2CC(Nc3ccc(S(=O)(=O)C4CCCCC4)nn3)CC2C1. The van der Waals surface area contributed by atoms with Gasteiger partial charge in [-0.05, 0) is 68.2 Å². The molecule has 3 aliphatic rings. The maximum atomic E-state index is 12.8. The van der Waals surface area contributed by atoms with Gasteiger partial charge >= 0.3 is 0 Å². The lowest BCUT2D eigenvalue weighted by molar-refractivity contribution is 0.297. The summed E-state index contributed by atoms with van der Waals surface area (Å²) in [4.78, 5) is 7.08. The summed E-state index contributed by atoms with van der Waals surface area (Å²) in [7, 11) is -3.37. The zero-order valence-electron chi connectivity index (χ0n) is 18.8. The van der Waals surface area contributed by atoms with Crippen LogP contribution in [0.4, 0.5) is 5.82 Å². The van der Waals surface area contributed by atoms with E-state index in [4.69, 9.17) is 0 Å². The van der Waals surface area contributed by atoms with Crippen molar-refractivity contribution in [2.45, 2.75) is 74.7 Å². The normalized spacial score (nSPS) is 26.8. The number of pyridine rings is 1. The summed E-state index contributed by atoms with van der Waals surface area (Å²) in [6, 6.07) is 7.92. The molecule has 1 aliphatic heterocycles. The average molecular weight is 456 g/mol. The number of nitrogens with zero attached hydrogens (tertiary/aromatic N) is 4. The Kier molecular flexibility index (Phi) is 6.16. The molecule has 2 aromatic heterocycles. The summed E-state index contributed by atoms with van der Waals surface area (Å²) in [6.07, 6.45) is 8.70. The molecule has 5 rings (SSSR count). The molecular formula is C24H33N5O2S. The van der Waals surface area contributed by atoms with E-state index in [2.05, 4.69) is 38.4 Å². The Morgan fingerprint density at radius 3 is 2.44 bits per heavy atom. The average Bonchev–Trinajstić information content (AvgIpc) is 3.34. The number of nitrogens with one attached hydrogen (secondary N) is 1. The highest BCUT2D eigenvalue weighted by Crippen LogP contribution is 2.39. The quantitative estimate of drug-likeness (QED) is 0.712. The molecule has 2 aliphatic carbocycles. The van der Waals surface area contributed by atoms with Gasteiger partial charge in [-0.25, -0.2) is 8.42 Å². The van der Waals surface area contributed by atoms with Crippen LogP contribution in [0.25, 0.3) is 0 Å². The van der Waals surface area contributed by atoms with Crippen molar-refractivity contribution in [3.8, 4) is 0 Å². The van der Waals surface area contributed by atoms with E-state index >= 15 is 0 Å². The maximum Gasteiger partial charge on any atom is 0.200 e. The molecule has 2 atom stereocenters. The molecule has 3 fully saturated rings. The van der Waals surface area contributed by atoms with Crippen molar-refractivity contribution in [2.24, 2.45) is 11.8 Å². The van der Waals surface area contributed by atoms with E-state index in [-0.39, 0.29) is 10.3 Å². The van der Waals surface area contributed by atoms with Gasteiger partial charge in [-0.2, -0.15) is 0 Å². The largest absolute Gasteiger partial charge is 0.366 e. The van der Waals surface area contributed by atoms with Crippen LogP contribution in [0.15, 0.2) is 35.5 Å². The van der Waals surface area contributed by atoms with Crippen LogP contribution in [0, 0.1) is 18.8 Å². The Hall–Kier alpha value is -2.06. The number of sulfone groups is 1. The Bertz CT molecular complexity index is 1020. The topological polar surface area (TPSA) is 88.1 Å². The standard InChI is InChI=1S/C24H33N5O2S/c1-17-6-5-11-25-22(17)16-29-14-18-12-20(13-19(18)15-29)26-23-9-10-24(28-27-23)32(30,31)21-7-3-2-4-8-21/h5-6,9-11,18-21H,2-4,7-8,12-16H2,1H3,(H,26,27). The van der Waals surface area contributed by atoms with E-state index in [0.717, 1.165) is 64.6 Å². The smallest absolute Gasteiger partial charge is 0.200 e. The van der Waals surface area contributed by atoms with E-state index in [1.165, 1.54) is 11.3 Å². The third-order valence-corrected chi connectivity index (χ3v) is 9.74. The summed E-state index contributed by atoms with van der Waals surface area (Å²) in [5.41, 5.74) is 2.44. The third-order valence-electron chi connectivity index (χ3n) is 7.59. The minimum Gasteiger partial charge on any atom is -0.366 e. The number of aromatic nitrogens is 3. The van der Waals surface area contributed by atoms with Crippen LogP contribution in [0.5, 0.6) is 0 Å². The molecule has 8 heteroatoms. The van der Waals surface area contributed by atoms with Crippen LogP contribution in [0.1, 0.15) is 56.2 Å². The molecule has 0 bridgehead atoms. The zero-order valence-corrected chi connectivity index (χ0v) is 19.6. The second-order valence-corrected chi connectivity index (χ2v) is 12.0. The first-order valence-corrected chi connectivity index (χ1v) is 13.5. The van der Waals surface area contributed by atoms with Gasteiger partial charge in [-0.3, -0.25) is 9.88 Å². The lowest BCUT2D eigenvalue weighted by Gasteiger charge is -2.21. The van der Waals surface area contributed by atoms with Gasteiger partial charge in [0, 0.05) is 31.9 Å². The predicted molar refractivity (Wildman–Crippen MR) is 124 cm³/mol. The van der Waals surface area contributed by atoms with Crippen LogP contribution in [-0.4, -0.2) is 52.9 Å². The molecule has 1 N–H and O–H groups in total. The van der Waals surface area contributed by atoms with Crippen molar-refractivity contribution in [1.82, 2.24) is 20.1 Å². The van der Waals surface area contributed by atoms with Gasteiger partial charge in [0.05, 0.1) is 10.9 Å². The van der Waals surface area contributed by atoms with Gasteiger partial charge in [0.15, 0.2) is 14.9 Å². The molecule has 172 valence electrons. The second kappa shape index (κ2) is 9.06. The first-order valence-electron chi connectivity index (χ1n) is 12.0. The van der Waals surface area contributed by atoms with Crippen molar-refractivity contribution in [3.05, 3.63) is 41.7 Å². The molecular weight excluding hydrogens is 422 g/mol. The fourth-order valence-corrected chi connectivity index (χ4v) is 7.55. The summed E-state index contributed by atoms with van der Waals surface area (Å²) in [5.74, 6) is 2.06. The van der Waals surface area contributed by atoms with E-state index in [1.54, 1.807) is 12.1 Å². The molecule has 7 nitrogen and oxygen atoms in total. The molecule has 0 aromatic carbocycles. The highest BCUT2D eigenvalue weighted by molar-refractivity contribution is 7.92. The molecule has 0 radical (unpaired) electrons. The van der Waals surface area contributed by atoms with Gasteiger partial charge in [0.2, 0.25) is 0 Å². The fourth-order valence-electron chi connectivity index (χ4n) is 5.84. The van der Waals surface area contributed by atoms with Gasteiger partial charge < -0.3 is 5.32 Å². The first-order chi connectivity index (χ1) is 15.5. The van der Waals surface area contributed by atoms with E-state index in [9.17, 15) is 8.42 Å².